The Morgan fingerprint density at radius 2 is 2.15 bits per heavy atom. The molecular formula is C19H28F2IN3O2. The molecule has 1 unspecified atom stereocenters. The van der Waals surface area contributed by atoms with E-state index in [9.17, 15) is 13.6 Å². The summed E-state index contributed by atoms with van der Waals surface area (Å²) in [6.45, 7) is 6.53. The standard InChI is InChI=1S/C19H27F2N3O2.HI/c1-3-22-19(23-10-9-14-12-16(20)7-8-17(14)21)24-11-5-6-15(13-24)18(25)26-4-2;/h7-8,12,15H,3-6,9-11,13H2,1-2H3,(H,22,23);1H. The SMILES string of the molecule is CCNC(=NCCc1cc(F)ccc1F)N1CCCC(C(=O)OCC)C1.I. The molecule has 1 saturated heterocycles. The minimum atomic E-state index is -0.453. The average Bonchev–Trinajstić information content (AvgIpc) is 2.64. The van der Waals surface area contributed by atoms with Crippen LogP contribution in [0.1, 0.15) is 32.3 Å². The van der Waals surface area contributed by atoms with Crippen LogP contribution in [-0.2, 0) is 16.0 Å². The highest BCUT2D eigenvalue weighted by Gasteiger charge is 2.28. The zero-order valence-electron chi connectivity index (χ0n) is 15.8. The minimum absolute atomic E-state index is 0. The summed E-state index contributed by atoms with van der Waals surface area (Å²) in [5.74, 6) is -0.515. The number of benzene rings is 1. The Hall–Kier alpha value is -1.45. The Bertz CT molecular complexity index is 643. The highest BCUT2D eigenvalue weighted by Crippen LogP contribution is 2.18. The van der Waals surface area contributed by atoms with E-state index in [0.717, 1.165) is 31.5 Å². The van der Waals surface area contributed by atoms with Crippen LogP contribution in [0.4, 0.5) is 8.78 Å². The van der Waals surface area contributed by atoms with Crippen molar-refractivity contribution < 1.29 is 18.3 Å². The Morgan fingerprint density at radius 3 is 2.85 bits per heavy atom. The van der Waals surface area contributed by atoms with Gasteiger partial charge in [0.2, 0.25) is 0 Å². The number of aliphatic imine (C=N–C) groups is 1. The Kier molecular flexibility index (Phi) is 10.6. The molecule has 1 aromatic carbocycles. The second-order valence-corrected chi connectivity index (χ2v) is 6.26. The Morgan fingerprint density at radius 1 is 1.37 bits per heavy atom. The monoisotopic (exact) mass is 495 g/mol. The van der Waals surface area contributed by atoms with Crippen LogP contribution in [0.2, 0.25) is 0 Å². The van der Waals surface area contributed by atoms with E-state index in [0.29, 0.717) is 44.2 Å². The van der Waals surface area contributed by atoms with E-state index in [1.54, 1.807) is 6.92 Å². The van der Waals surface area contributed by atoms with Gasteiger partial charge in [-0.25, -0.2) is 8.78 Å². The van der Waals surface area contributed by atoms with Crippen LogP contribution < -0.4 is 5.32 Å². The smallest absolute Gasteiger partial charge is 0.310 e. The molecule has 2 rings (SSSR count). The van der Waals surface area contributed by atoms with Gasteiger partial charge in [-0.1, -0.05) is 0 Å². The summed E-state index contributed by atoms with van der Waals surface area (Å²) in [5.41, 5.74) is 0.313. The molecule has 8 heteroatoms. The molecule has 1 aromatic rings. The molecule has 0 radical (unpaired) electrons. The molecule has 0 aromatic heterocycles. The van der Waals surface area contributed by atoms with Gasteiger partial charge in [0.05, 0.1) is 12.5 Å². The summed E-state index contributed by atoms with van der Waals surface area (Å²) in [5, 5.41) is 3.21. The lowest BCUT2D eigenvalue weighted by Gasteiger charge is -2.34. The second-order valence-electron chi connectivity index (χ2n) is 6.26. The van der Waals surface area contributed by atoms with Gasteiger partial charge < -0.3 is 15.0 Å². The number of esters is 1. The molecule has 1 fully saturated rings. The van der Waals surface area contributed by atoms with Crippen molar-refractivity contribution in [2.75, 3.05) is 32.8 Å². The molecule has 1 aliphatic heterocycles. The normalized spacial score (nSPS) is 17.3. The fraction of sp³-hybridized carbons (Fsp3) is 0.579. The highest BCUT2D eigenvalue weighted by atomic mass is 127. The first-order valence-electron chi connectivity index (χ1n) is 9.19. The first kappa shape index (κ1) is 23.6. The highest BCUT2D eigenvalue weighted by molar-refractivity contribution is 14.0. The number of ether oxygens (including phenoxy) is 1. The van der Waals surface area contributed by atoms with Gasteiger partial charge in [0, 0.05) is 26.2 Å². The van der Waals surface area contributed by atoms with Crippen molar-refractivity contribution in [1.82, 2.24) is 10.2 Å². The van der Waals surface area contributed by atoms with Crippen LogP contribution in [-0.4, -0.2) is 49.6 Å². The van der Waals surface area contributed by atoms with Crippen molar-refractivity contribution in [3.05, 3.63) is 35.4 Å². The van der Waals surface area contributed by atoms with Gasteiger partial charge in [0.25, 0.3) is 0 Å². The van der Waals surface area contributed by atoms with Crippen molar-refractivity contribution in [1.29, 1.82) is 0 Å². The van der Waals surface area contributed by atoms with E-state index in [1.165, 1.54) is 6.07 Å². The quantitative estimate of drug-likeness (QED) is 0.285. The van der Waals surface area contributed by atoms with Gasteiger partial charge >= 0.3 is 5.97 Å². The molecule has 5 nitrogen and oxygen atoms in total. The summed E-state index contributed by atoms with van der Waals surface area (Å²) in [6, 6.07) is 3.44. The lowest BCUT2D eigenvalue weighted by molar-refractivity contribution is -0.149. The maximum absolute atomic E-state index is 13.7. The lowest BCUT2D eigenvalue weighted by atomic mass is 9.98. The maximum atomic E-state index is 13.7. The number of rotatable bonds is 6. The first-order valence-corrected chi connectivity index (χ1v) is 9.19. The summed E-state index contributed by atoms with van der Waals surface area (Å²) in [4.78, 5) is 18.6. The molecule has 27 heavy (non-hydrogen) atoms. The van der Waals surface area contributed by atoms with Crippen LogP contribution in [0, 0.1) is 17.6 Å². The van der Waals surface area contributed by atoms with Crippen molar-refractivity contribution in [3.8, 4) is 0 Å². The Balaban J connectivity index is 0.00000364. The fourth-order valence-corrected chi connectivity index (χ4v) is 3.06. The predicted molar refractivity (Wildman–Crippen MR) is 112 cm³/mol. The summed E-state index contributed by atoms with van der Waals surface area (Å²) in [7, 11) is 0. The lowest BCUT2D eigenvalue weighted by Crippen LogP contribution is -2.48. The van der Waals surface area contributed by atoms with E-state index in [4.69, 9.17) is 4.74 Å². The van der Waals surface area contributed by atoms with Gasteiger partial charge in [-0.2, -0.15) is 0 Å². The number of carbonyl (C=O) groups is 1. The van der Waals surface area contributed by atoms with Crippen molar-refractivity contribution >= 4 is 35.9 Å². The number of hydrogen-bond acceptors (Lipinski definition) is 3. The van der Waals surface area contributed by atoms with Crippen LogP contribution >= 0.6 is 24.0 Å². The number of halogens is 3. The van der Waals surface area contributed by atoms with Gasteiger partial charge in [0.15, 0.2) is 5.96 Å². The zero-order valence-corrected chi connectivity index (χ0v) is 18.2. The number of piperidine rings is 1. The van der Waals surface area contributed by atoms with Crippen molar-refractivity contribution in [2.45, 2.75) is 33.1 Å². The topological polar surface area (TPSA) is 53.9 Å². The van der Waals surface area contributed by atoms with E-state index in [-0.39, 0.29) is 35.9 Å². The zero-order chi connectivity index (χ0) is 18.9. The third kappa shape index (κ3) is 7.23. The number of nitrogens with one attached hydrogen (secondary N) is 1. The first-order chi connectivity index (χ1) is 12.5. The third-order valence-corrected chi connectivity index (χ3v) is 4.33. The van der Waals surface area contributed by atoms with Crippen LogP contribution in [0.3, 0.4) is 0 Å². The maximum Gasteiger partial charge on any atom is 0.310 e. The van der Waals surface area contributed by atoms with Crippen LogP contribution in [0.15, 0.2) is 23.2 Å². The van der Waals surface area contributed by atoms with Gasteiger partial charge in [-0.15, -0.1) is 24.0 Å². The van der Waals surface area contributed by atoms with E-state index >= 15 is 0 Å². The number of guanidine groups is 1. The van der Waals surface area contributed by atoms with Crippen LogP contribution in [0.5, 0.6) is 0 Å². The fourth-order valence-electron chi connectivity index (χ4n) is 3.06. The number of carbonyl (C=O) groups excluding carboxylic acids is 1. The van der Waals surface area contributed by atoms with Crippen molar-refractivity contribution in [2.24, 2.45) is 10.9 Å². The molecule has 0 bridgehead atoms. The van der Waals surface area contributed by atoms with Gasteiger partial charge in [0.1, 0.15) is 11.6 Å². The summed E-state index contributed by atoms with van der Waals surface area (Å²) >= 11 is 0. The van der Waals surface area contributed by atoms with Crippen LogP contribution in [0.25, 0.3) is 0 Å². The number of nitrogens with zero attached hydrogens (tertiary/aromatic N) is 2. The number of likely N-dealkylation sites (tertiary alicyclic amines) is 1. The molecule has 0 amide bonds. The Labute approximate surface area is 176 Å². The number of hydrogen-bond donors (Lipinski definition) is 1. The molecule has 0 aliphatic carbocycles. The largest absolute Gasteiger partial charge is 0.466 e. The van der Waals surface area contributed by atoms with E-state index < -0.39 is 11.6 Å². The third-order valence-electron chi connectivity index (χ3n) is 4.33. The van der Waals surface area contributed by atoms with Gasteiger partial charge in [-0.05, 0) is 56.9 Å². The van der Waals surface area contributed by atoms with E-state index in [2.05, 4.69) is 10.3 Å². The molecule has 0 spiro atoms. The molecule has 1 N–H and O–H groups in total. The molecule has 1 heterocycles. The molecule has 0 saturated carbocycles. The molecule has 1 atom stereocenters. The average molecular weight is 495 g/mol. The van der Waals surface area contributed by atoms with Crippen molar-refractivity contribution in [3.63, 3.8) is 0 Å². The minimum Gasteiger partial charge on any atom is -0.466 e. The summed E-state index contributed by atoms with van der Waals surface area (Å²) in [6.07, 6.45) is 2.00. The molecular weight excluding hydrogens is 467 g/mol. The molecule has 152 valence electrons. The molecule has 1 aliphatic rings. The summed E-state index contributed by atoms with van der Waals surface area (Å²) < 4.78 is 32.1. The second kappa shape index (κ2) is 12.1. The van der Waals surface area contributed by atoms with E-state index in [1.807, 2.05) is 11.8 Å². The van der Waals surface area contributed by atoms with Gasteiger partial charge in [-0.3, -0.25) is 9.79 Å². The predicted octanol–water partition coefficient (Wildman–Crippen LogP) is 3.37.